The fourth-order valence-corrected chi connectivity index (χ4v) is 1.97. The van der Waals surface area contributed by atoms with Crippen LogP contribution in [0.1, 0.15) is 30.1 Å². The van der Waals surface area contributed by atoms with Gasteiger partial charge in [0.1, 0.15) is 0 Å². The van der Waals surface area contributed by atoms with Crippen molar-refractivity contribution in [1.82, 2.24) is 15.5 Å². The Morgan fingerprint density at radius 3 is 2.69 bits per heavy atom. The summed E-state index contributed by atoms with van der Waals surface area (Å²) in [5.41, 5.74) is 0. The maximum Gasteiger partial charge on any atom is 0.282 e. The molecule has 1 rings (SSSR count). The number of halogens is 1. The number of aliphatic hydroxyl groups is 1. The number of nitrogens with one attached hydrogen (secondary N) is 1. The Kier molecular flexibility index (Phi) is 5.11. The summed E-state index contributed by atoms with van der Waals surface area (Å²) in [5, 5.41) is 19.1. The maximum atomic E-state index is 11.7. The molecule has 1 heterocycles. The van der Waals surface area contributed by atoms with Crippen LogP contribution in [0.25, 0.3) is 0 Å². The summed E-state index contributed by atoms with van der Waals surface area (Å²) in [7, 11) is 0. The molecule has 7 heteroatoms. The quantitative estimate of drug-likeness (QED) is 0.840. The van der Waals surface area contributed by atoms with Gasteiger partial charge in [-0.15, -0.1) is 10.2 Å². The third-order valence-electron chi connectivity index (χ3n) is 2.16. The summed E-state index contributed by atoms with van der Waals surface area (Å²) in [6.07, 6.45) is 0.524. The van der Waals surface area contributed by atoms with Crippen molar-refractivity contribution in [3.63, 3.8) is 0 Å². The number of rotatable bonds is 5. The Labute approximate surface area is 103 Å². The molecule has 1 amide bonds. The smallest absolute Gasteiger partial charge is 0.282 e. The van der Waals surface area contributed by atoms with E-state index in [1.165, 1.54) is 0 Å². The molecule has 1 aromatic rings. The van der Waals surface area contributed by atoms with Crippen molar-refractivity contribution in [2.45, 2.75) is 26.3 Å². The van der Waals surface area contributed by atoms with E-state index in [-0.39, 0.29) is 33.9 Å². The van der Waals surface area contributed by atoms with Crippen LogP contribution in [0.5, 0.6) is 0 Å². The number of aliphatic hydroxyl groups excluding tert-OH is 1. The Morgan fingerprint density at radius 1 is 1.56 bits per heavy atom. The molecule has 0 aliphatic heterocycles. The highest BCUT2D eigenvalue weighted by Gasteiger charge is 2.19. The van der Waals surface area contributed by atoms with E-state index in [4.69, 9.17) is 16.7 Å². The first-order valence-electron chi connectivity index (χ1n) is 4.95. The predicted molar refractivity (Wildman–Crippen MR) is 62.7 cm³/mol. The molecule has 1 aromatic heterocycles. The highest BCUT2D eigenvalue weighted by atomic mass is 35.5. The van der Waals surface area contributed by atoms with Crippen LogP contribution in [0, 0.1) is 5.92 Å². The van der Waals surface area contributed by atoms with Gasteiger partial charge in [0.2, 0.25) is 9.47 Å². The van der Waals surface area contributed by atoms with Crippen molar-refractivity contribution < 1.29 is 9.90 Å². The van der Waals surface area contributed by atoms with E-state index in [0.29, 0.717) is 6.42 Å². The van der Waals surface area contributed by atoms with E-state index in [0.717, 1.165) is 11.3 Å². The molecule has 0 aliphatic carbocycles. The van der Waals surface area contributed by atoms with Crippen molar-refractivity contribution in [3.05, 3.63) is 9.47 Å². The second kappa shape index (κ2) is 6.12. The minimum Gasteiger partial charge on any atom is -0.396 e. The highest BCUT2D eigenvalue weighted by molar-refractivity contribution is 7.17. The molecule has 0 fully saturated rings. The number of carbonyl (C=O) groups excluding carboxylic acids is 1. The number of amides is 1. The Hall–Kier alpha value is -0.720. The van der Waals surface area contributed by atoms with Gasteiger partial charge >= 0.3 is 0 Å². The maximum absolute atomic E-state index is 11.7. The van der Waals surface area contributed by atoms with E-state index in [9.17, 15) is 4.79 Å². The molecule has 0 bridgehead atoms. The zero-order valence-electron chi connectivity index (χ0n) is 9.11. The largest absolute Gasteiger partial charge is 0.396 e. The molecule has 1 unspecified atom stereocenters. The average Bonchev–Trinajstić information content (AvgIpc) is 2.64. The van der Waals surface area contributed by atoms with E-state index in [1.54, 1.807) is 0 Å². The second-order valence-electron chi connectivity index (χ2n) is 3.70. The van der Waals surface area contributed by atoms with Crippen LogP contribution in [0.2, 0.25) is 4.47 Å². The predicted octanol–water partition coefficient (Wildman–Crippen LogP) is 1.33. The van der Waals surface area contributed by atoms with E-state index >= 15 is 0 Å². The second-order valence-corrected chi connectivity index (χ2v) is 5.26. The van der Waals surface area contributed by atoms with Crippen molar-refractivity contribution in [2.24, 2.45) is 5.92 Å². The van der Waals surface area contributed by atoms with Gasteiger partial charge in [-0.25, -0.2) is 0 Å². The molecule has 1 atom stereocenters. The summed E-state index contributed by atoms with van der Waals surface area (Å²) in [6, 6.07) is -0.0693. The standard InChI is InChI=1S/C9H14ClN3O2S/c1-5(2)6(3-4-14)11-7(15)8-12-13-9(10)16-8/h5-6,14H,3-4H2,1-2H3,(H,11,15). The lowest BCUT2D eigenvalue weighted by atomic mass is 10.0. The van der Waals surface area contributed by atoms with Gasteiger partial charge < -0.3 is 10.4 Å². The molecule has 90 valence electrons. The lowest BCUT2D eigenvalue weighted by Crippen LogP contribution is -2.39. The lowest BCUT2D eigenvalue weighted by molar-refractivity contribution is 0.0915. The SMILES string of the molecule is CC(C)C(CCO)NC(=O)c1nnc(Cl)s1. The topological polar surface area (TPSA) is 75.1 Å². The molecular formula is C9H14ClN3O2S. The first-order valence-corrected chi connectivity index (χ1v) is 6.14. The normalized spacial score (nSPS) is 12.8. The van der Waals surface area contributed by atoms with Crippen LogP contribution in [-0.2, 0) is 0 Å². The Bertz CT molecular complexity index is 356. The number of hydrogen-bond donors (Lipinski definition) is 2. The van der Waals surface area contributed by atoms with Gasteiger partial charge in [-0.2, -0.15) is 0 Å². The monoisotopic (exact) mass is 263 g/mol. The Morgan fingerprint density at radius 2 is 2.25 bits per heavy atom. The van der Waals surface area contributed by atoms with Gasteiger partial charge in [-0.3, -0.25) is 4.79 Å². The van der Waals surface area contributed by atoms with Crippen LogP contribution >= 0.6 is 22.9 Å². The van der Waals surface area contributed by atoms with Crippen molar-refractivity contribution in [3.8, 4) is 0 Å². The summed E-state index contributed by atoms with van der Waals surface area (Å²) in [4.78, 5) is 11.7. The van der Waals surface area contributed by atoms with Gasteiger partial charge in [0, 0.05) is 12.6 Å². The van der Waals surface area contributed by atoms with Gasteiger partial charge in [0.15, 0.2) is 0 Å². The van der Waals surface area contributed by atoms with Crippen LogP contribution in [0.15, 0.2) is 0 Å². The molecular weight excluding hydrogens is 250 g/mol. The van der Waals surface area contributed by atoms with E-state index in [1.807, 2.05) is 13.8 Å². The third kappa shape index (κ3) is 3.70. The fourth-order valence-electron chi connectivity index (χ4n) is 1.24. The summed E-state index contributed by atoms with van der Waals surface area (Å²) < 4.78 is 0.244. The molecule has 5 nitrogen and oxygen atoms in total. The van der Waals surface area contributed by atoms with Crippen LogP contribution in [-0.4, -0.2) is 33.9 Å². The summed E-state index contributed by atoms with van der Waals surface area (Å²) >= 11 is 6.63. The zero-order chi connectivity index (χ0) is 12.1. The van der Waals surface area contributed by atoms with E-state index < -0.39 is 0 Å². The molecule has 0 aliphatic rings. The van der Waals surface area contributed by atoms with Gasteiger partial charge in [-0.1, -0.05) is 25.2 Å². The number of carbonyl (C=O) groups is 1. The van der Waals surface area contributed by atoms with Gasteiger partial charge in [-0.05, 0) is 23.9 Å². The van der Waals surface area contributed by atoms with Crippen LogP contribution in [0.4, 0.5) is 0 Å². The number of hydrogen-bond acceptors (Lipinski definition) is 5. The molecule has 0 spiro atoms. The zero-order valence-corrected chi connectivity index (χ0v) is 10.7. The number of aromatic nitrogens is 2. The molecule has 2 N–H and O–H groups in total. The molecule has 0 radical (unpaired) electrons. The highest BCUT2D eigenvalue weighted by Crippen LogP contribution is 2.15. The fraction of sp³-hybridized carbons (Fsp3) is 0.667. The first kappa shape index (κ1) is 13.3. The van der Waals surface area contributed by atoms with Crippen molar-refractivity contribution >= 4 is 28.8 Å². The average molecular weight is 264 g/mol. The lowest BCUT2D eigenvalue weighted by Gasteiger charge is -2.20. The molecule has 0 saturated heterocycles. The summed E-state index contributed by atoms with van der Waals surface area (Å²) in [6.45, 7) is 4.00. The first-order chi connectivity index (χ1) is 7.54. The summed E-state index contributed by atoms with van der Waals surface area (Å²) in [5.74, 6) is -0.0453. The van der Waals surface area contributed by atoms with E-state index in [2.05, 4.69) is 15.5 Å². The van der Waals surface area contributed by atoms with Gasteiger partial charge in [0.25, 0.3) is 5.91 Å². The molecule has 16 heavy (non-hydrogen) atoms. The molecule has 0 aromatic carbocycles. The van der Waals surface area contributed by atoms with Crippen molar-refractivity contribution in [2.75, 3.05) is 6.61 Å². The van der Waals surface area contributed by atoms with Crippen LogP contribution < -0.4 is 5.32 Å². The minimum absolute atomic E-state index is 0.0417. The Balaban J connectivity index is 2.61. The third-order valence-corrected chi connectivity index (χ3v) is 3.17. The van der Waals surface area contributed by atoms with Crippen LogP contribution in [0.3, 0.4) is 0 Å². The molecule has 0 saturated carbocycles. The van der Waals surface area contributed by atoms with Crippen molar-refractivity contribution in [1.29, 1.82) is 0 Å². The van der Waals surface area contributed by atoms with Gasteiger partial charge in [0.05, 0.1) is 0 Å². The number of nitrogens with zero attached hydrogens (tertiary/aromatic N) is 2. The minimum atomic E-state index is -0.295.